The number of amides is 1. The summed E-state index contributed by atoms with van der Waals surface area (Å²) >= 11 is 7.44. The first kappa shape index (κ1) is 16.9. The summed E-state index contributed by atoms with van der Waals surface area (Å²) in [6.07, 6.45) is 0. The zero-order chi connectivity index (χ0) is 16.9. The molecule has 3 aromatic rings. The lowest BCUT2D eigenvalue weighted by molar-refractivity contribution is -0.119. The normalized spacial score (nSPS) is 12.2. The van der Waals surface area contributed by atoms with E-state index in [0.717, 1.165) is 33.1 Å². The van der Waals surface area contributed by atoms with E-state index >= 15 is 0 Å². The molecule has 1 amide bonds. The third-order valence-electron chi connectivity index (χ3n) is 3.66. The topological polar surface area (TPSA) is 42.2 Å². The number of rotatable bonds is 6. The first-order valence-corrected chi connectivity index (χ1v) is 9.25. The Hall–Kier alpha value is -1.91. The van der Waals surface area contributed by atoms with Gasteiger partial charge in [-0.05, 0) is 36.8 Å². The quantitative estimate of drug-likeness (QED) is 0.658. The van der Waals surface area contributed by atoms with E-state index in [4.69, 9.17) is 16.0 Å². The number of benzene rings is 2. The molecule has 0 bridgehead atoms. The fraction of sp³-hybridized carbons (Fsp3) is 0.211. The molecule has 24 heavy (non-hydrogen) atoms. The predicted octanol–water partition coefficient (Wildman–Crippen LogP) is 5.20. The molecule has 0 unspecified atom stereocenters. The van der Waals surface area contributed by atoms with E-state index < -0.39 is 0 Å². The number of halogens is 1. The van der Waals surface area contributed by atoms with E-state index in [9.17, 15) is 4.79 Å². The number of para-hydroxylation sites is 1. The van der Waals surface area contributed by atoms with Crippen molar-refractivity contribution in [3.8, 4) is 0 Å². The highest BCUT2D eigenvalue weighted by Gasteiger charge is 2.14. The van der Waals surface area contributed by atoms with Crippen LogP contribution in [0.2, 0.25) is 5.02 Å². The Balaban J connectivity index is 1.49. The van der Waals surface area contributed by atoms with Gasteiger partial charge in [-0.2, -0.15) is 0 Å². The lowest BCUT2D eigenvalue weighted by Gasteiger charge is -2.11. The molecule has 0 aliphatic carbocycles. The number of carbonyl (C=O) groups excluding carboxylic acids is 1. The Morgan fingerprint density at radius 2 is 1.96 bits per heavy atom. The molecule has 124 valence electrons. The lowest BCUT2D eigenvalue weighted by atomic mass is 10.2. The van der Waals surface area contributed by atoms with Crippen LogP contribution in [0.1, 0.15) is 24.3 Å². The minimum absolute atomic E-state index is 0.00178. The highest BCUT2D eigenvalue weighted by atomic mass is 35.5. The molecule has 0 aliphatic heterocycles. The van der Waals surface area contributed by atoms with E-state index in [0.29, 0.717) is 5.75 Å². The molecule has 0 fully saturated rings. The predicted molar refractivity (Wildman–Crippen MR) is 100 cm³/mol. The average molecular weight is 360 g/mol. The van der Waals surface area contributed by atoms with Crippen molar-refractivity contribution in [2.75, 3.05) is 5.75 Å². The summed E-state index contributed by atoms with van der Waals surface area (Å²) in [5.41, 5.74) is 1.99. The fourth-order valence-corrected chi connectivity index (χ4v) is 3.34. The molecule has 0 radical (unpaired) electrons. The van der Waals surface area contributed by atoms with Gasteiger partial charge in [0.2, 0.25) is 5.91 Å². The van der Waals surface area contributed by atoms with E-state index in [2.05, 4.69) is 5.32 Å². The Labute approximate surface area is 150 Å². The van der Waals surface area contributed by atoms with Gasteiger partial charge in [0.15, 0.2) is 0 Å². The second-order valence-electron chi connectivity index (χ2n) is 5.60. The van der Waals surface area contributed by atoms with Crippen LogP contribution >= 0.6 is 23.4 Å². The van der Waals surface area contributed by atoms with Crippen molar-refractivity contribution in [3.05, 3.63) is 70.9 Å². The summed E-state index contributed by atoms with van der Waals surface area (Å²) in [7, 11) is 0. The zero-order valence-corrected chi connectivity index (χ0v) is 14.9. The van der Waals surface area contributed by atoms with Gasteiger partial charge in [0, 0.05) is 16.2 Å². The Kier molecular flexibility index (Phi) is 5.48. The molecule has 1 N–H and O–H groups in total. The van der Waals surface area contributed by atoms with Gasteiger partial charge in [0.05, 0.1) is 11.8 Å². The van der Waals surface area contributed by atoms with Crippen LogP contribution in [0.15, 0.2) is 59.0 Å². The highest BCUT2D eigenvalue weighted by Crippen LogP contribution is 2.23. The van der Waals surface area contributed by atoms with Crippen molar-refractivity contribution in [2.45, 2.75) is 18.7 Å². The van der Waals surface area contributed by atoms with E-state index in [1.54, 1.807) is 11.8 Å². The SMILES string of the molecule is C[C@H](NC(=O)CSCc1ccc(Cl)cc1)c1cc2ccccc2o1. The van der Waals surface area contributed by atoms with Gasteiger partial charge in [-0.1, -0.05) is 41.9 Å². The number of hydrogen-bond acceptors (Lipinski definition) is 3. The number of hydrogen-bond donors (Lipinski definition) is 1. The van der Waals surface area contributed by atoms with Crippen LogP contribution < -0.4 is 5.32 Å². The first-order chi connectivity index (χ1) is 11.6. The maximum absolute atomic E-state index is 12.1. The van der Waals surface area contributed by atoms with Crippen LogP contribution in [0.5, 0.6) is 0 Å². The van der Waals surface area contributed by atoms with Crippen molar-refractivity contribution in [3.63, 3.8) is 0 Å². The van der Waals surface area contributed by atoms with E-state index in [-0.39, 0.29) is 11.9 Å². The molecule has 0 saturated heterocycles. The summed E-state index contributed by atoms with van der Waals surface area (Å²) in [5, 5.41) is 4.75. The van der Waals surface area contributed by atoms with Gasteiger partial charge < -0.3 is 9.73 Å². The molecule has 3 rings (SSSR count). The molecule has 5 heteroatoms. The van der Waals surface area contributed by atoms with Crippen molar-refractivity contribution in [2.24, 2.45) is 0 Å². The van der Waals surface area contributed by atoms with Crippen molar-refractivity contribution < 1.29 is 9.21 Å². The summed E-state index contributed by atoms with van der Waals surface area (Å²) in [6.45, 7) is 1.93. The summed E-state index contributed by atoms with van der Waals surface area (Å²) in [6, 6.07) is 17.3. The van der Waals surface area contributed by atoms with Gasteiger partial charge in [-0.15, -0.1) is 11.8 Å². The summed E-state index contributed by atoms with van der Waals surface area (Å²) < 4.78 is 5.78. The molecule has 1 heterocycles. The summed E-state index contributed by atoms with van der Waals surface area (Å²) in [4.78, 5) is 12.1. The zero-order valence-electron chi connectivity index (χ0n) is 13.3. The van der Waals surface area contributed by atoms with Crippen molar-refractivity contribution in [1.82, 2.24) is 5.32 Å². The van der Waals surface area contributed by atoms with Crippen molar-refractivity contribution >= 4 is 40.2 Å². The second-order valence-corrected chi connectivity index (χ2v) is 7.02. The van der Waals surface area contributed by atoms with E-state index in [1.165, 1.54) is 0 Å². The molecule has 1 aromatic heterocycles. The van der Waals surface area contributed by atoms with Crippen LogP contribution in [-0.2, 0) is 10.5 Å². The van der Waals surface area contributed by atoms with Gasteiger partial charge >= 0.3 is 0 Å². The Morgan fingerprint density at radius 1 is 1.21 bits per heavy atom. The molecule has 0 saturated carbocycles. The number of carbonyl (C=O) groups is 1. The third-order valence-corrected chi connectivity index (χ3v) is 4.92. The van der Waals surface area contributed by atoms with Gasteiger partial charge in [0.25, 0.3) is 0 Å². The van der Waals surface area contributed by atoms with E-state index in [1.807, 2.05) is 61.5 Å². The monoisotopic (exact) mass is 359 g/mol. The van der Waals surface area contributed by atoms with Crippen LogP contribution in [0.25, 0.3) is 11.0 Å². The average Bonchev–Trinajstić information content (AvgIpc) is 3.01. The minimum atomic E-state index is -0.152. The Morgan fingerprint density at radius 3 is 2.71 bits per heavy atom. The number of nitrogens with one attached hydrogen (secondary N) is 1. The largest absolute Gasteiger partial charge is 0.459 e. The van der Waals surface area contributed by atoms with Crippen LogP contribution in [0.3, 0.4) is 0 Å². The van der Waals surface area contributed by atoms with Gasteiger partial charge in [0.1, 0.15) is 11.3 Å². The molecule has 3 nitrogen and oxygen atoms in total. The van der Waals surface area contributed by atoms with Gasteiger partial charge in [-0.3, -0.25) is 4.79 Å². The number of fused-ring (bicyclic) bond motifs is 1. The van der Waals surface area contributed by atoms with Crippen molar-refractivity contribution in [1.29, 1.82) is 0 Å². The van der Waals surface area contributed by atoms with Crippen LogP contribution in [-0.4, -0.2) is 11.7 Å². The second kappa shape index (κ2) is 7.77. The maximum Gasteiger partial charge on any atom is 0.230 e. The van der Waals surface area contributed by atoms with Crippen LogP contribution in [0, 0.1) is 0 Å². The first-order valence-electron chi connectivity index (χ1n) is 7.72. The molecular formula is C19H18ClNO2S. The molecular weight excluding hydrogens is 342 g/mol. The summed E-state index contributed by atoms with van der Waals surface area (Å²) in [5.74, 6) is 1.96. The third kappa shape index (κ3) is 4.34. The molecule has 0 aliphatic rings. The highest BCUT2D eigenvalue weighted by molar-refractivity contribution is 7.99. The Bertz CT molecular complexity index is 796. The molecule has 1 atom stereocenters. The molecule has 2 aromatic carbocycles. The fourth-order valence-electron chi connectivity index (χ4n) is 2.41. The van der Waals surface area contributed by atoms with Crippen LogP contribution in [0.4, 0.5) is 0 Å². The van der Waals surface area contributed by atoms with Gasteiger partial charge in [-0.25, -0.2) is 0 Å². The standard InChI is InChI=1S/C19H18ClNO2S/c1-13(18-10-15-4-2-3-5-17(15)23-18)21-19(22)12-24-11-14-6-8-16(20)9-7-14/h2-10,13H,11-12H2,1H3,(H,21,22)/t13-/m0/s1. The number of thioether (sulfide) groups is 1. The lowest BCUT2D eigenvalue weighted by Crippen LogP contribution is -2.27. The smallest absolute Gasteiger partial charge is 0.230 e. The number of furan rings is 1. The maximum atomic E-state index is 12.1. The minimum Gasteiger partial charge on any atom is -0.459 e. The molecule has 0 spiro atoms.